The molecule has 4 amide bonds. The van der Waals surface area contributed by atoms with Crippen molar-refractivity contribution >= 4 is 40.1 Å². The van der Waals surface area contributed by atoms with E-state index in [-0.39, 0.29) is 50.1 Å². The van der Waals surface area contributed by atoms with Crippen LogP contribution < -0.4 is 10.2 Å². The maximum absolute atomic E-state index is 13.3. The zero-order chi connectivity index (χ0) is 27.7. The molecule has 3 aliphatic rings. The second-order valence-corrected chi connectivity index (χ2v) is 10.9. The van der Waals surface area contributed by atoms with Crippen molar-refractivity contribution in [2.75, 3.05) is 31.6 Å². The molecule has 8 nitrogen and oxygen atoms in total. The van der Waals surface area contributed by atoms with Crippen LogP contribution in [0.5, 0.6) is 0 Å². The zero-order valence-corrected chi connectivity index (χ0v) is 22.2. The van der Waals surface area contributed by atoms with Gasteiger partial charge in [-0.05, 0) is 55.9 Å². The Hall–Kier alpha value is -3.40. The van der Waals surface area contributed by atoms with Gasteiger partial charge in [-0.25, -0.2) is 8.78 Å². The van der Waals surface area contributed by atoms with E-state index in [1.54, 1.807) is 11.0 Å². The average Bonchev–Trinajstić information content (AvgIpc) is 3.18. The quantitative estimate of drug-likeness (QED) is 0.386. The zero-order valence-electron chi connectivity index (χ0n) is 22.2. The van der Waals surface area contributed by atoms with Crippen LogP contribution in [-0.4, -0.2) is 72.1 Å². The molecular formula is C29H34F2N4O4. The number of nitrogens with one attached hydrogen (secondary N) is 1. The summed E-state index contributed by atoms with van der Waals surface area (Å²) in [5, 5.41) is 4.16. The first-order chi connectivity index (χ1) is 18.6. The third-order valence-corrected chi connectivity index (χ3v) is 8.06. The Morgan fingerprint density at radius 1 is 1.08 bits per heavy atom. The van der Waals surface area contributed by atoms with Crippen LogP contribution in [0.3, 0.4) is 0 Å². The van der Waals surface area contributed by atoms with Gasteiger partial charge in [0.1, 0.15) is 6.04 Å². The lowest BCUT2D eigenvalue weighted by atomic mass is 9.99. The van der Waals surface area contributed by atoms with Crippen LogP contribution in [0.15, 0.2) is 30.3 Å². The molecule has 1 atom stereocenters. The van der Waals surface area contributed by atoms with Gasteiger partial charge in [-0.15, -0.1) is 0 Å². The fourth-order valence-electron chi connectivity index (χ4n) is 5.89. The summed E-state index contributed by atoms with van der Waals surface area (Å²) >= 11 is 0. The van der Waals surface area contributed by atoms with E-state index >= 15 is 0 Å². The lowest BCUT2D eigenvalue weighted by Gasteiger charge is -2.31. The van der Waals surface area contributed by atoms with E-state index < -0.39 is 17.9 Å². The highest BCUT2D eigenvalue weighted by Crippen LogP contribution is 2.41. The summed E-state index contributed by atoms with van der Waals surface area (Å²) in [6.45, 7) is 1.78. The van der Waals surface area contributed by atoms with Crippen LogP contribution in [0.1, 0.15) is 67.3 Å². The van der Waals surface area contributed by atoms with Crippen molar-refractivity contribution in [3.63, 3.8) is 0 Å². The molecule has 3 aliphatic heterocycles. The summed E-state index contributed by atoms with van der Waals surface area (Å²) in [6.07, 6.45) is 2.92. The molecule has 1 N–H and O–H groups in total. The Bertz CT molecular complexity index is 1300. The minimum atomic E-state index is -2.64. The predicted octanol–water partition coefficient (Wildman–Crippen LogP) is 3.86. The summed E-state index contributed by atoms with van der Waals surface area (Å²) in [6, 6.07) is 8.82. The molecule has 0 aliphatic carbocycles. The second kappa shape index (κ2) is 11.0. The fraction of sp³-hybridized carbons (Fsp3) is 0.517. The van der Waals surface area contributed by atoms with Gasteiger partial charge in [-0.1, -0.05) is 24.6 Å². The number of hydrogen-bond acceptors (Lipinski definition) is 5. The molecule has 2 saturated heterocycles. The van der Waals surface area contributed by atoms with Gasteiger partial charge in [0.25, 0.3) is 11.8 Å². The van der Waals surface area contributed by atoms with Gasteiger partial charge in [-0.2, -0.15) is 0 Å². The Morgan fingerprint density at radius 3 is 2.59 bits per heavy atom. The molecule has 0 bridgehead atoms. The molecule has 3 heterocycles. The number of carbonyl (C=O) groups is 4. The fourth-order valence-corrected chi connectivity index (χ4v) is 5.89. The molecule has 39 heavy (non-hydrogen) atoms. The van der Waals surface area contributed by atoms with Gasteiger partial charge in [0.05, 0.1) is 5.69 Å². The molecule has 0 aromatic heterocycles. The third kappa shape index (κ3) is 5.66. The minimum Gasteiger partial charge on any atom is -0.342 e. The number of halogens is 2. The molecule has 2 aromatic rings. The van der Waals surface area contributed by atoms with Gasteiger partial charge in [0, 0.05) is 56.3 Å². The number of piperidine rings is 2. The predicted molar refractivity (Wildman–Crippen MR) is 142 cm³/mol. The summed E-state index contributed by atoms with van der Waals surface area (Å²) in [4.78, 5) is 55.1. The van der Waals surface area contributed by atoms with Crippen LogP contribution >= 0.6 is 0 Å². The molecule has 2 aromatic carbocycles. The molecule has 208 valence electrons. The number of benzene rings is 2. The first-order valence-corrected chi connectivity index (χ1v) is 13.7. The molecule has 5 rings (SSSR count). The number of amides is 4. The van der Waals surface area contributed by atoms with Gasteiger partial charge < -0.3 is 9.80 Å². The van der Waals surface area contributed by atoms with E-state index in [1.165, 1.54) is 4.90 Å². The number of likely N-dealkylation sites (tertiary alicyclic amines) is 1. The van der Waals surface area contributed by atoms with Crippen molar-refractivity contribution in [1.82, 2.24) is 15.1 Å². The number of imide groups is 1. The number of anilines is 1. The summed E-state index contributed by atoms with van der Waals surface area (Å²) in [7, 11) is 2.03. The van der Waals surface area contributed by atoms with E-state index in [0.717, 1.165) is 42.1 Å². The lowest BCUT2D eigenvalue weighted by Crippen LogP contribution is -2.53. The molecule has 10 heteroatoms. The number of nitrogens with zero attached hydrogens (tertiary/aromatic N) is 3. The highest BCUT2D eigenvalue weighted by atomic mass is 19.3. The molecule has 0 saturated carbocycles. The Labute approximate surface area is 226 Å². The number of rotatable bonds is 9. The Kier molecular flexibility index (Phi) is 7.66. The maximum atomic E-state index is 13.3. The Morgan fingerprint density at radius 2 is 1.85 bits per heavy atom. The molecular weight excluding hydrogens is 506 g/mol. The largest absolute Gasteiger partial charge is 0.342 e. The smallest absolute Gasteiger partial charge is 0.259 e. The van der Waals surface area contributed by atoms with Crippen molar-refractivity contribution in [2.45, 2.75) is 69.9 Å². The van der Waals surface area contributed by atoms with E-state index in [1.807, 2.05) is 31.3 Å². The summed E-state index contributed by atoms with van der Waals surface area (Å²) < 4.78 is 26.6. The van der Waals surface area contributed by atoms with Crippen molar-refractivity contribution in [3.05, 3.63) is 41.5 Å². The van der Waals surface area contributed by atoms with Gasteiger partial charge in [-0.3, -0.25) is 29.4 Å². The first kappa shape index (κ1) is 27.2. The van der Waals surface area contributed by atoms with E-state index in [4.69, 9.17) is 0 Å². The van der Waals surface area contributed by atoms with E-state index in [9.17, 15) is 28.0 Å². The van der Waals surface area contributed by atoms with Crippen molar-refractivity contribution in [2.24, 2.45) is 0 Å². The van der Waals surface area contributed by atoms with Crippen LogP contribution in [0.2, 0.25) is 0 Å². The van der Waals surface area contributed by atoms with Crippen LogP contribution in [0.25, 0.3) is 10.8 Å². The van der Waals surface area contributed by atoms with Crippen molar-refractivity contribution in [3.8, 4) is 0 Å². The minimum absolute atomic E-state index is 0.0346. The topological polar surface area (TPSA) is 90.0 Å². The van der Waals surface area contributed by atoms with Gasteiger partial charge in [0.2, 0.25) is 17.7 Å². The van der Waals surface area contributed by atoms with Crippen LogP contribution in [0, 0.1) is 0 Å². The highest BCUT2D eigenvalue weighted by molar-refractivity contribution is 6.27. The van der Waals surface area contributed by atoms with Crippen molar-refractivity contribution < 1.29 is 28.0 Å². The van der Waals surface area contributed by atoms with E-state index in [0.29, 0.717) is 30.6 Å². The Balaban J connectivity index is 1.16. The normalized spacial score (nSPS) is 20.7. The van der Waals surface area contributed by atoms with Gasteiger partial charge >= 0.3 is 0 Å². The lowest BCUT2D eigenvalue weighted by molar-refractivity contribution is -0.137. The molecule has 0 radical (unpaired) electrons. The average molecular weight is 541 g/mol. The number of hydrogen-bond donors (Lipinski definition) is 1. The van der Waals surface area contributed by atoms with E-state index in [2.05, 4.69) is 10.2 Å². The maximum Gasteiger partial charge on any atom is 0.259 e. The SMILES string of the molecule is CN(CCCCCC(=O)N1CCC(F)(F)CC1)Cc1ccc2c3c(cccc13)C(=O)N2C1CCC(=O)NC1=O. The third-order valence-electron chi connectivity index (χ3n) is 8.06. The highest BCUT2D eigenvalue weighted by Gasteiger charge is 2.41. The number of carbonyl (C=O) groups excluding carboxylic acids is 4. The second-order valence-electron chi connectivity index (χ2n) is 10.9. The standard InChI is InChI=1S/C29H34F2N4O4/c1-33(15-4-2-3-8-25(37)34-16-13-29(30,31)14-17-34)18-19-9-10-22-26-20(19)6-5-7-21(26)28(39)35(22)23-11-12-24(36)32-27(23)38/h5-7,9-10,23H,2-4,8,11-18H2,1H3,(H,32,36,38). The van der Waals surface area contributed by atoms with Crippen LogP contribution in [0.4, 0.5) is 14.5 Å². The van der Waals surface area contributed by atoms with Crippen molar-refractivity contribution in [1.29, 1.82) is 0 Å². The number of alkyl halides is 2. The first-order valence-electron chi connectivity index (χ1n) is 13.7. The van der Waals surface area contributed by atoms with Gasteiger partial charge in [0.15, 0.2) is 0 Å². The summed E-state index contributed by atoms with van der Waals surface area (Å²) in [5.41, 5.74) is 2.35. The summed E-state index contributed by atoms with van der Waals surface area (Å²) in [5.74, 6) is -3.65. The molecule has 1 unspecified atom stereocenters. The monoisotopic (exact) mass is 540 g/mol. The number of unbranched alkanes of at least 4 members (excludes halogenated alkanes) is 2. The molecule has 0 spiro atoms. The van der Waals surface area contributed by atoms with Crippen LogP contribution in [-0.2, 0) is 20.9 Å². The molecule has 2 fully saturated rings.